The molecule has 1 aliphatic carbocycles. The van der Waals surface area contributed by atoms with Crippen LogP contribution in [0.3, 0.4) is 0 Å². The number of benzene rings is 1. The van der Waals surface area contributed by atoms with Gasteiger partial charge >= 0.3 is 6.01 Å². The summed E-state index contributed by atoms with van der Waals surface area (Å²) in [5.74, 6) is 1.18. The van der Waals surface area contributed by atoms with Gasteiger partial charge in [0.15, 0.2) is 0 Å². The highest BCUT2D eigenvalue weighted by Crippen LogP contribution is 2.34. The second-order valence-corrected chi connectivity index (χ2v) is 5.21. The molecule has 5 heteroatoms. The van der Waals surface area contributed by atoms with Crippen molar-refractivity contribution >= 4 is 6.01 Å². The van der Waals surface area contributed by atoms with E-state index >= 15 is 0 Å². The molecule has 2 unspecified atom stereocenters. The molecule has 1 aromatic heterocycles. The molecule has 0 saturated heterocycles. The molecule has 0 spiro atoms. The topological polar surface area (TPSA) is 63.0 Å². The highest BCUT2D eigenvalue weighted by molar-refractivity contribution is 5.41. The van der Waals surface area contributed by atoms with Crippen molar-refractivity contribution in [2.24, 2.45) is 0 Å². The molecule has 3 rings (SSSR count). The maximum absolute atomic E-state index is 5.61. The Hall–Kier alpha value is -1.88. The zero-order valence-electron chi connectivity index (χ0n) is 11.9. The maximum Gasteiger partial charge on any atom is 0.315 e. The predicted octanol–water partition coefficient (Wildman–Crippen LogP) is 2.49. The number of nitrogens with one attached hydrogen (secondary N) is 2. The van der Waals surface area contributed by atoms with Gasteiger partial charge in [-0.25, -0.2) is 0 Å². The van der Waals surface area contributed by atoms with Gasteiger partial charge in [-0.15, -0.1) is 5.10 Å². The van der Waals surface area contributed by atoms with Crippen LogP contribution in [0.2, 0.25) is 0 Å². The van der Waals surface area contributed by atoms with Gasteiger partial charge in [-0.05, 0) is 31.0 Å². The SMILES string of the molecule is CCNC(C)c1nnc(NCC2Cc3ccccc32)o1. The fraction of sp³-hybridized carbons (Fsp3) is 0.467. The molecule has 0 saturated carbocycles. The Labute approximate surface area is 118 Å². The van der Waals surface area contributed by atoms with Gasteiger partial charge in [0.05, 0.1) is 6.04 Å². The lowest BCUT2D eigenvalue weighted by molar-refractivity contribution is 0.427. The minimum Gasteiger partial charge on any atom is -0.406 e. The van der Waals surface area contributed by atoms with Crippen molar-refractivity contribution in [1.29, 1.82) is 0 Å². The van der Waals surface area contributed by atoms with Crippen LogP contribution in [-0.4, -0.2) is 23.3 Å². The van der Waals surface area contributed by atoms with Crippen LogP contribution < -0.4 is 10.6 Å². The monoisotopic (exact) mass is 272 g/mol. The van der Waals surface area contributed by atoms with Crippen molar-refractivity contribution in [1.82, 2.24) is 15.5 Å². The number of aromatic nitrogens is 2. The zero-order valence-corrected chi connectivity index (χ0v) is 11.9. The summed E-state index contributed by atoms with van der Waals surface area (Å²) in [6.07, 6.45) is 1.12. The smallest absolute Gasteiger partial charge is 0.315 e. The summed E-state index contributed by atoms with van der Waals surface area (Å²) >= 11 is 0. The van der Waals surface area contributed by atoms with E-state index in [9.17, 15) is 0 Å². The van der Waals surface area contributed by atoms with Gasteiger partial charge in [-0.1, -0.05) is 36.3 Å². The minimum absolute atomic E-state index is 0.0903. The van der Waals surface area contributed by atoms with E-state index in [4.69, 9.17) is 4.42 Å². The van der Waals surface area contributed by atoms with Crippen LogP contribution in [0.15, 0.2) is 28.7 Å². The van der Waals surface area contributed by atoms with E-state index in [1.807, 2.05) is 6.92 Å². The molecule has 1 aromatic carbocycles. The fourth-order valence-electron chi connectivity index (χ4n) is 2.63. The van der Waals surface area contributed by atoms with Crippen molar-refractivity contribution in [3.63, 3.8) is 0 Å². The van der Waals surface area contributed by atoms with Crippen LogP contribution in [0.4, 0.5) is 6.01 Å². The van der Waals surface area contributed by atoms with Crippen LogP contribution in [0.1, 0.15) is 42.8 Å². The number of rotatable bonds is 6. The van der Waals surface area contributed by atoms with Gasteiger partial charge in [-0.2, -0.15) is 0 Å². The Bertz CT molecular complexity index is 581. The van der Waals surface area contributed by atoms with Crippen molar-refractivity contribution in [2.45, 2.75) is 32.2 Å². The molecule has 0 fully saturated rings. The first-order chi connectivity index (χ1) is 9.78. The third-order valence-corrected chi connectivity index (χ3v) is 3.78. The van der Waals surface area contributed by atoms with Crippen LogP contribution >= 0.6 is 0 Å². The molecule has 0 radical (unpaired) electrons. The molecule has 5 nitrogen and oxygen atoms in total. The molecule has 106 valence electrons. The zero-order chi connectivity index (χ0) is 13.9. The summed E-state index contributed by atoms with van der Waals surface area (Å²) in [6, 6.07) is 9.16. The highest BCUT2D eigenvalue weighted by Gasteiger charge is 2.25. The highest BCUT2D eigenvalue weighted by atomic mass is 16.4. The van der Waals surface area contributed by atoms with Gasteiger partial charge < -0.3 is 15.1 Å². The number of anilines is 1. The lowest BCUT2D eigenvalue weighted by atomic mass is 9.78. The van der Waals surface area contributed by atoms with E-state index in [2.05, 4.69) is 52.0 Å². The predicted molar refractivity (Wildman–Crippen MR) is 77.8 cm³/mol. The molecule has 2 N–H and O–H groups in total. The third-order valence-electron chi connectivity index (χ3n) is 3.78. The van der Waals surface area contributed by atoms with E-state index < -0.39 is 0 Å². The average Bonchev–Trinajstić information content (AvgIpc) is 2.89. The van der Waals surface area contributed by atoms with Crippen molar-refractivity contribution in [2.75, 3.05) is 18.4 Å². The molecule has 1 aliphatic rings. The van der Waals surface area contributed by atoms with Gasteiger partial charge in [-0.3, -0.25) is 0 Å². The van der Waals surface area contributed by atoms with Gasteiger partial charge in [0.25, 0.3) is 0 Å². The molecular weight excluding hydrogens is 252 g/mol. The van der Waals surface area contributed by atoms with Crippen LogP contribution in [0.25, 0.3) is 0 Å². The van der Waals surface area contributed by atoms with E-state index in [-0.39, 0.29) is 6.04 Å². The Kier molecular flexibility index (Phi) is 3.69. The number of fused-ring (bicyclic) bond motifs is 1. The molecule has 0 amide bonds. The van der Waals surface area contributed by atoms with Crippen molar-refractivity contribution in [3.8, 4) is 0 Å². The van der Waals surface area contributed by atoms with E-state index in [1.54, 1.807) is 0 Å². The van der Waals surface area contributed by atoms with E-state index in [0.717, 1.165) is 19.5 Å². The van der Waals surface area contributed by atoms with Gasteiger partial charge in [0.1, 0.15) is 0 Å². The standard InChI is InChI=1S/C15H20N4O/c1-3-16-10(2)14-18-19-15(20-14)17-9-12-8-11-6-4-5-7-13(11)12/h4-7,10,12,16H,3,8-9H2,1-2H3,(H,17,19). The molecule has 20 heavy (non-hydrogen) atoms. The summed E-state index contributed by atoms with van der Waals surface area (Å²) in [4.78, 5) is 0. The van der Waals surface area contributed by atoms with Crippen LogP contribution in [-0.2, 0) is 6.42 Å². The Balaban J connectivity index is 1.55. The summed E-state index contributed by atoms with van der Waals surface area (Å²) < 4.78 is 5.61. The Morgan fingerprint density at radius 2 is 2.20 bits per heavy atom. The second kappa shape index (κ2) is 5.63. The maximum atomic E-state index is 5.61. The molecular formula is C15H20N4O. The van der Waals surface area contributed by atoms with Gasteiger partial charge in [0.2, 0.25) is 5.89 Å². The first-order valence-electron chi connectivity index (χ1n) is 7.16. The molecule has 0 bridgehead atoms. The summed E-state index contributed by atoms with van der Waals surface area (Å²) in [5.41, 5.74) is 2.88. The Morgan fingerprint density at radius 3 is 3.00 bits per heavy atom. The summed E-state index contributed by atoms with van der Waals surface area (Å²) in [6.45, 7) is 5.79. The quantitative estimate of drug-likeness (QED) is 0.846. The minimum atomic E-state index is 0.0903. The first kappa shape index (κ1) is 13.1. The molecule has 0 aliphatic heterocycles. The van der Waals surface area contributed by atoms with Gasteiger partial charge in [0, 0.05) is 12.5 Å². The number of hydrogen-bond donors (Lipinski definition) is 2. The lowest BCUT2D eigenvalue weighted by Gasteiger charge is -2.29. The molecule has 2 atom stereocenters. The van der Waals surface area contributed by atoms with E-state index in [0.29, 0.717) is 17.8 Å². The lowest BCUT2D eigenvalue weighted by Crippen LogP contribution is -2.24. The molecule has 1 heterocycles. The van der Waals surface area contributed by atoms with Crippen LogP contribution in [0, 0.1) is 0 Å². The van der Waals surface area contributed by atoms with Crippen molar-refractivity contribution < 1.29 is 4.42 Å². The summed E-state index contributed by atoms with van der Waals surface area (Å²) in [5, 5.41) is 14.6. The third kappa shape index (κ3) is 2.54. The van der Waals surface area contributed by atoms with E-state index in [1.165, 1.54) is 11.1 Å². The number of nitrogens with zero attached hydrogens (tertiary/aromatic N) is 2. The molecule has 2 aromatic rings. The first-order valence-corrected chi connectivity index (χ1v) is 7.16. The normalized spacial score (nSPS) is 18.2. The Morgan fingerprint density at radius 1 is 1.35 bits per heavy atom. The average molecular weight is 272 g/mol. The second-order valence-electron chi connectivity index (χ2n) is 5.21. The number of hydrogen-bond acceptors (Lipinski definition) is 5. The summed E-state index contributed by atoms with van der Waals surface area (Å²) in [7, 11) is 0. The fourth-order valence-corrected chi connectivity index (χ4v) is 2.63. The van der Waals surface area contributed by atoms with Crippen molar-refractivity contribution in [3.05, 3.63) is 41.3 Å². The van der Waals surface area contributed by atoms with Crippen LogP contribution in [0.5, 0.6) is 0 Å². The largest absolute Gasteiger partial charge is 0.406 e.